The van der Waals surface area contributed by atoms with Crippen molar-refractivity contribution in [3.63, 3.8) is 0 Å². The van der Waals surface area contributed by atoms with Crippen LogP contribution in [0.1, 0.15) is 30.1 Å². The fourth-order valence-corrected chi connectivity index (χ4v) is 4.94. The van der Waals surface area contributed by atoms with E-state index in [1.807, 2.05) is 6.07 Å². The molecule has 18 heavy (non-hydrogen) atoms. The third-order valence-corrected chi connectivity index (χ3v) is 5.56. The molecule has 0 spiro atoms. The number of hydrogen-bond donors (Lipinski definition) is 1. The van der Waals surface area contributed by atoms with Crippen molar-refractivity contribution in [3.05, 3.63) is 19.2 Å². The van der Waals surface area contributed by atoms with Crippen LogP contribution in [0, 0.1) is 0 Å². The van der Waals surface area contributed by atoms with Gasteiger partial charge in [0.05, 0.1) is 13.1 Å². The van der Waals surface area contributed by atoms with E-state index in [-0.39, 0.29) is 5.91 Å². The second-order valence-corrected chi connectivity index (χ2v) is 8.29. The maximum Gasteiger partial charge on any atom is 0.253 e. The highest BCUT2D eigenvalue weighted by molar-refractivity contribution is 9.12. The molecule has 6 heteroatoms. The van der Waals surface area contributed by atoms with Crippen molar-refractivity contribution >= 4 is 49.1 Å². The van der Waals surface area contributed by atoms with Crippen LogP contribution >= 0.6 is 43.2 Å². The van der Waals surface area contributed by atoms with Crippen molar-refractivity contribution in [2.75, 3.05) is 19.6 Å². The summed E-state index contributed by atoms with van der Waals surface area (Å²) in [6, 6.07) is 2.27. The predicted molar refractivity (Wildman–Crippen MR) is 82.3 cm³/mol. The van der Waals surface area contributed by atoms with Gasteiger partial charge in [-0.1, -0.05) is 0 Å². The number of carbonyl (C=O) groups is 1. The third-order valence-electron chi connectivity index (χ3n) is 3.22. The summed E-state index contributed by atoms with van der Waals surface area (Å²) in [5.41, 5.74) is 0.709. The molecular weight excluding hydrogens is 380 g/mol. The second kappa shape index (κ2) is 6.50. The first-order valence-corrected chi connectivity index (χ1v) is 8.45. The van der Waals surface area contributed by atoms with Crippen LogP contribution in [0.4, 0.5) is 0 Å². The summed E-state index contributed by atoms with van der Waals surface area (Å²) in [7, 11) is 0. The number of halogens is 2. The van der Waals surface area contributed by atoms with E-state index in [4.69, 9.17) is 0 Å². The molecule has 0 aliphatic carbocycles. The Morgan fingerprint density at radius 1 is 1.50 bits per heavy atom. The standard InChI is InChI=1S/C12H16Br2N2OS/c1-8(16-4-2-3-5-16)7-15-12(17)9-6-10(13)18-11(9)14/h6,8H,2-5,7H2,1H3,(H,15,17). The second-order valence-electron chi connectivity index (χ2n) is 4.54. The van der Waals surface area contributed by atoms with Gasteiger partial charge >= 0.3 is 0 Å². The van der Waals surface area contributed by atoms with Gasteiger partial charge in [-0.3, -0.25) is 9.69 Å². The number of nitrogens with zero attached hydrogens (tertiary/aromatic N) is 1. The van der Waals surface area contributed by atoms with Crippen molar-refractivity contribution in [2.45, 2.75) is 25.8 Å². The highest BCUT2D eigenvalue weighted by atomic mass is 79.9. The molecule has 1 N–H and O–H groups in total. The fourth-order valence-electron chi connectivity index (χ4n) is 2.14. The van der Waals surface area contributed by atoms with Crippen molar-refractivity contribution in [1.82, 2.24) is 10.2 Å². The maximum atomic E-state index is 12.0. The van der Waals surface area contributed by atoms with Gasteiger partial charge < -0.3 is 5.32 Å². The number of likely N-dealkylation sites (tertiary alicyclic amines) is 1. The lowest BCUT2D eigenvalue weighted by Crippen LogP contribution is -2.40. The van der Waals surface area contributed by atoms with Crippen molar-refractivity contribution in [2.24, 2.45) is 0 Å². The molecule has 0 aromatic carbocycles. The van der Waals surface area contributed by atoms with Crippen LogP contribution in [0.25, 0.3) is 0 Å². The molecule has 2 rings (SSSR count). The minimum Gasteiger partial charge on any atom is -0.350 e. The fraction of sp³-hybridized carbons (Fsp3) is 0.583. The molecule has 0 radical (unpaired) electrons. The van der Waals surface area contributed by atoms with Gasteiger partial charge in [0.15, 0.2) is 0 Å². The lowest BCUT2D eigenvalue weighted by molar-refractivity contribution is 0.0940. The highest BCUT2D eigenvalue weighted by Gasteiger charge is 2.19. The average Bonchev–Trinajstić information content (AvgIpc) is 2.95. The Hall–Kier alpha value is 0.0900. The molecule has 0 saturated carbocycles. The first-order valence-electron chi connectivity index (χ1n) is 6.05. The van der Waals surface area contributed by atoms with Gasteiger partial charge in [0.2, 0.25) is 0 Å². The topological polar surface area (TPSA) is 32.3 Å². The SMILES string of the molecule is CC(CNC(=O)c1cc(Br)sc1Br)N1CCCC1. The quantitative estimate of drug-likeness (QED) is 0.846. The van der Waals surface area contributed by atoms with E-state index in [1.165, 1.54) is 24.2 Å². The maximum absolute atomic E-state index is 12.0. The van der Waals surface area contributed by atoms with Crippen molar-refractivity contribution < 1.29 is 4.79 Å². The number of amides is 1. The highest BCUT2D eigenvalue weighted by Crippen LogP contribution is 2.31. The molecule has 1 aliphatic heterocycles. The summed E-state index contributed by atoms with van der Waals surface area (Å²) in [6.45, 7) is 5.19. The Balaban J connectivity index is 1.86. The van der Waals surface area contributed by atoms with Gasteiger partial charge in [-0.2, -0.15) is 0 Å². The molecule has 1 saturated heterocycles. The molecule has 1 atom stereocenters. The van der Waals surface area contributed by atoms with E-state index >= 15 is 0 Å². The zero-order chi connectivity index (χ0) is 13.1. The zero-order valence-electron chi connectivity index (χ0n) is 10.2. The van der Waals surface area contributed by atoms with Crippen LogP contribution < -0.4 is 5.32 Å². The summed E-state index contributed by atoms with van der Waals surface area (Å²) in [6.07, 6.45) is 2.56. The third kappa shape index (κ3) is 3.56. The largest absolute Gasteiger partial charge is 0.350 e. The van der Waals surface area contributed by atoms with Gasteiger partial charge in [-0.15, -0.1) is 11.3 Å². The lowest BCUT2D eigenvalue weighted by Gasteiger charge is -2.23. The first-order chi connectivity index (χ1) is 8.58. The Kier molecular flexibility index (Phi) is 5.24. The Morgan fingerprint density at radius 2 is 2.17 bits per heavy atom. The summed E-state index contributed by atoms with van der Waals surface area (Å²) < 4.78 is 1.84. The van der Waals surface area contributed by atoms with Gasteiger partial charge in [0.1, 0.15) is 0 Å². The Morgan fingerprint density at radius 3 is 2.72 bits per heavy atom. The minimum atomic E-state index is -0.00475. The number of hydrogen-bond acceptors (Lipinski definition) is 3. The van der Waals surface area contributed by atoms with E-state index in [0.29, 0.717) is 18.2 Å². The summed E-state index contributed by atoms with van der Waals surface area (Å²) in [4.78, 5) is 14.5. The molecule has 1 aliphatic rings. The molecular formula is C12H16Br2N2OS. The van der Waals surface area contributed by atoms with E-state index < -0.39 is 0 Å². The number of nitrogens with one attached hydrogen (secondary N) is 1. The molecule has 1 aromatic rings. The van der Waals surface area contributed by atoms with Crippen LogP contribution in [0.5, 0.6) is 0 Å². The van der Waals surface area contributed by atoms with Gasteiger partial charge in [0, 0.05) is 12.6 Å². The summed E-state index contributed by atoms with van der Waals surface area (Å²) >= 11 is 8.31. The first kappa shape index (κ1) is 14.5. The minimum absolute atomic E-state index is 0.00475. The molecule has 3 nitrogen and oxygen atoms in total. The van der Waals surface area contributed by atoms with Crippen molar-refractivity contribution in [3.8, 4) is 0 Å². The monoisotopic (exact) mass is 394 g/mol. The normalized spacial score (nSPS) is 17.9. The summed E-state index contributed by atoms with van der Waals surface area (Å²) in [5, 5.41) is 3.00. The Bertz CT molecular complexity index is 430. The van der Waals surface area contributed by atoms with Gasteiger partial charge in [-0.25, -0.2) is 0 Å². The molecule has 1 fully saturated rings. The van der Waals surface area contributed by atoms with Crippen LogP contribution in [0.15, 0.2) is 13.6 Å². The molecule has 1 unspecified atom stereocenters. The van der Waals surface area contributed by atoms with Crippen LogP contribution in [0.3, 0.4) is 0 Å². The average molecular weight is 396 g/mol. The van der Waals surface area contributed by atoms with Crippen molar-refractivity contribution in [1.29, 1.82) is 0 Å². The van der Waals surface area contributed by atoms with E-state index in [2.05, 4.69) is 49.0 Å². The molecule has 1 amide bonds. The predicted octanol–water partition coefficient (Wildman–Crippen LogP) is 3.49. The number of carbonyl (C=O) groups excluding carboxylic acids is 1. The summed E-state index contributed by atoms with van der Waals surface area (Å²) in [5.74, 6) is -0.00475. The van der Waals surface area contributed by atoms with Crippen LogP contribution in [-0.4, -0.2) is 36.5 Å². The number of thiophene rings is 1. The molecule has 1 aromatic heterocycles. The Labute approximate surface area is 128 Å². The van der Waals surface area contributed by atoms with Crippen LogP contribution in [-0.2, 0) is 0 Å². The van der Waals surface area contributed by atoms with E-state index in [1.54, 1.807) is 0 Å². The molecule has 2 heterocycles. The van der Waals surface area contributed by atoms with E-state index in [9.17, 15) is 4.79 Å². The lowest BCUT2D eigenvalue weighted by atomic mass is 10.2. The molecule has 100 valence electrons. The smallest absolute Gasteiger partial charge is 0.253 e. The van der Waals surface area contributed by atoms with Crippen LogP contribution in [0.2, 0.25) is 0 Å². The number of rotatable bonds is 4. The van der Waals surface area contributed by atoms with E-state index in [0.717, 1.165) is 20.7 Å². The molecule has 0 bridgehead atoms. The van der Waals surface area contributed by atoms with Gasteiger partial charge in [-0.05, 0) is 70.8 Å². The van der Waals surface area contributed by atoms with Gasteiger partial charge in [0.25, 0.3) is 5.91 Å². The zero-order valence-corrected chi connectivity index (χ0v) is 14.2.